The van der Waals surface area contributed by atoms with Gasteiger partial charge >= 0.3 is 10.2 Å². The zero-order chi connectivity index (χ0) is 14.9. The van der Waals surface area contributed by atoms with Gasteiger partial charge in [0, 0.05) is 24.6 Å². The minimum Gasteiger partial charge on any atom is -0.296 e. The monoisotopic (exact) mass is 300 g/mol. The van der Waals surface area contributed by atoms with Gasteiger partial charge in [-0.05, 0) is 25.0 Å². The van der Waals surface area contributed by atoms with E-state index < -0.39 is 21.9 Å². The predicted molar refractivity (Wildman–Crippen MR) is 73.7 cm³/mol. The highest BCUT2D eigenvalue weighted by atomic mass is 32.3. The summed E-state index contributed by atoms with van der Waals surface area (Å²) in [5.74, 6) is -0.755. The SMILES string of the molecule is CCc1ccc(C)nc1N1CC(CS(=O)(=O)F)CC1=O. The molecule has 5 nitrogen and oxygen atoms in total. The maximum absolute atomic E-state index is 12.7. The highest BCUT2D eigenvalue weighted by molar-refractivity contribution is 7.86. The van der Waals surface area contributed by atoms with Gasteiger partial charge in [0.1, 0.15) is 5.82 Å². The number of carbonyl (C=O) groups excluding carboxylic acids is 1. The van der Waals surface area contributed by atoms with Crippen molar-refractivity contribution in [2.45, 2.75) is 26.7 Å². The van der Waals surface area contributed by atoms with Gasteiger partial charge in [-0.1, -0.05) is 13.0 Å². The van der Waals surface area contributed by atoms with Crippen molar-refractivity contribution in [1.82, 2.24) is 4.98 Å². The van der Waals surface area contributed by atoms with Crippen LogP contribution in [0.15, 0.2) is 12.1 Å². The van der Waals surface area contributed by atoms with E-state index >= 15 is 0 Å². The first-order valence-corrected chi connectivity index (χ1v) is 8.04. The van der Waals surface area contributed by atoms with Crippen LogP contribution in [-0.2, 0) is 21.4 Å². The molecule has 110 valence electrons. The molecule has 0 saturated carbocycles. The van der Waals surface area contributed by atoms with Gasteiger partial charge in [-0.3, -0.25) is 9.69 Å². The second-order valence-corrected chi connectivity index (χ2v) is 6.48. The number of hydrogen-bond donors (Lipinski definition) is 0. The number of halogens is 1. The molecule has 1 aliphatic rings. The molecule has 1 atom stereocenters. The average molecular weight is 300 g/mol. The van der Waals surface area contributed by atoms with E-state index in [0.29, 0.717) is 5.82 Å². The number of hydrogen-bond acceptors (Lipinski definition) is 4. The van der Waals surface area contributed by atoms with Gasteiger partial charge in [0.2, 0.25) is 5.91 Å². The van der Waals surface area contributed by atoms with Crippen LogP contribution in [0.4, 0.5) is 9.70 Å². The molecule has 1 unspecified atom stereocenters. The van der Waals surface area contributed by atoms with Gasteiger partial charge in [0.15, 0.2) is 0 Å². The number of amides is 1. The molecule has 1 saturated heterocycles. The zero-order valence-corrected chi connectivity index (χ0v) is 12.3. The molecule has 0 N–H and O–H groups in total. The van der Waals surface area contributed by atoms with Crippen LogP contribution in [0.2, 0.25) is 0 Å². The van der Waals surface area contributed by atoms with E-state index in [2.05, 4.69) is 4.98 Å². The minimum absolute atomic E-state index is 0.0436. The van der Waals surface area contributed by atoms with Gasteiger partial charge in [0.05, 0.1) is 5.75 Å². The van der Waals surface area contributed by atoms with Crippen LogP contribution in [0.3, 0.4) is 0 Å². The lowest BCUT2D eigenvalue weighted by atomic mass is 10.1. The maximum Gasteiger partial charge on any atom is 0.302 e. The van der Waals surface area contributed by atoms with Gasteiger partial charge in [-0.2, -0.15) is 8.42 Å². The van der Waals surface area contributed by atoms with Crippen molar-refractivity contribution in [1.29, 1.82) is 0 Å². The lowest BCUT2D eigenvalue weighted by Gasteiger charge is -2.19. The van der Waals surface area contributed by atoms with E-state index in [4.69, 9.17) is 0 Å². The molecule has 0 radical (unpaired) electrons. The molecule has 7 heteroatoms. The van der Waals surface area contributed by atoms with E-state index in [0.717, 1.165) is 17.7 Å². The third-order valence-electron chi connectivity index (χ3n) is 3.37. The summed E-state index contributed by atoms with van der Waals surface area (Å²) in [5.41, 5.74) is 1.71. The fourth-order valence-corrected chi connectivity index (χ4v) is 3.25. The molecule has 0 bridgehead atoms. The summed E-state index contributed by atoms with van der Waals surface area (Å²) < 4.78 is 34.1. The summed E-state index contributed by atoms with van der Waals surface area (Å²) in [7, 11) is -4.56. The quantitative estimate of drug-likeness (QED) is 0.792. The molecular formula is C13H17FN2O3S. The second kappa shape index (κ2) is 5.47. The standard InChI is InChI=1S/C13H17FN2O3S/c1-3-11-5-4-9(2)15-13(11)16-7-10(6-12(16)17)8-20(14,18)19/h4-5,10H,3,6-8H2,1-2H3. The number of rotatable bonds is 4. The summed E-state index contributed by atoms with van der Waals surface area (Å²) in [6.45, 7) is 3.98. The summed E-state index contributed by atoms with van der Waals surface area (Å²) >= 11 is 0. The van der Waals surface area contributed by atoms with Crippen molar-refractivity contribution in [2.75, 3.05) is 17.2 Å². The summed E-state index contributed by atoms with van der Waals surface area (Å²) in [4.78, 5) is 17.9. The van der Waals surface area contributed by atoms with Crippen molar-refractivity contribution in [3.05, 3.63) is 23.4 Å². The molecule has 1 amide bonds. The highest BCUT2D eigenvalue weighted by Crippen LogP contribution is 2.28. The van der Waals surface area contributed by atoms with E-state index in [1.54, 1.807) is 0 Å². The molecule has 1 aliphatic heterocycles. The van der Waals surface area contributed by atoms with Crippen molar-refractivity contribution in [2.24, 2.45) is 5.92 Å². The van der Waals surface area contributed by atoms with Gasteiger partial charge in [-0.15, -0.1) is 3.89 Å². The van der Waals surface area contributed by atoms with Gasteiger partial charge in [-0.25, -0.2) is 4.98 Å². The summed E-state index contributed by atoms with van der Waals surface area (Å²) in [6, 6.07) is 3.77. The normalized spacial score (nSPS) is 19.6. The third kappa shape index (κ3) is 3.33. The van der Waals surface area contributed by atoms with Crippen LogP contribution < -0.4 is 4.90 Å². The molecule has 2 heterocycles. The predicted octanol–water partition coefficient (Wildman–Crippen LogP) is 1.60. The Labute approximate surface area is 118 Å². The summed E-state index contributed by atoms with van der Waals surface area (Å²) in [6.07, 6.45) is 0.764. The molecule has 2 rings (SSSR count). The van der Waals surface area contributed by atoms with Crippen LogP contribution in [0, 0.1) is 12.8 Å². The zero-order valence-electron chi connectivity index (χ0n) is 11.5. The Hall–Kier alpha value is -1.50. The molecule has 1 fully saturated rings. The molecule has 1 aromatic heterocycles. The summed E-state index contributed by atoms with van der Waals surface area (Å²) in [5, 5.41) is 0. The third-order valence-corrected chi connectivity index (χ3v) is 4.24. The number of aromatic nitrogens is 1. The molecule has 1 aromatic rings. The molecular weight excluding hydrogens is 283 g/mol. The Balaban J connectivity index is 2.26. The lowest BCUT2D eigenvalue weighted by Crippen LogP contribution is -2.27. The van der Waals surface area contributed by atoms with Crippen LogP contribution in [0.1, 0.15) is 24.6 Å². The van der Waals surface area contributed by atoms with Crippen LogP contribution in [0.5, 0.6) is 0 Å². The topological polar surface area (TPSA) is 67.3 Å². The van der Waals surface area contributed by atoms with Crippen molar-refractivity contribution in [3.8, 4) is 0 Å². The minimum atomic E-state index is -4.56. The van der Waals surface area contributed by atoms with Crippen LogP contribution in [0.25, 0.3) is 0 Å². The van der Waals surface area contributed by atoms with Crippen molar-refractivity contribution >= 4 is 21.9 Å². The van der Waals surface area contributed by atoms with E-state index in [9.17, 15) is 17.1 Å². The number of anilines is 1. The van der Waals surface area contributed by atoms with Crippen LogP contribution >= 0.6 is 0 Å². The first-order valence-electron chi connectivity index (χ1n) is 6.49. The Morgan fingerprint density at radius 2 is 2.15 bits per heavy atom. The molecule has 20 heavy (non-hydrogen) atoms. The Morgan fingerprint density at radius 3 is 2.75 bits per heavy atom. The fourth-order valence-electron chi connectivity index (χ4n) is 2.46. The highest BCUT2D eigenvalue weighted by Gasteiger charge is 2.35. The maximum atomic E-state index is 12.7. The number of aryl methyl sites for hydroxylation is 2. The Kier molecular flexibility index (Phi) is 4.08. The Bertz CT molecular complexity index is 631. The number of nitrogens with zero attached hydrogens (tertiary/aromatic N) is 2. The Morgan fingerprint density at radius 1 is 1.45 bits per heavy atom. The average Bonchev–Trinajstić information content (AvgIpc) is 2.67. The van der Waals surface area contributed by atoms with Crippen LogP contribution in [-0.4, -0.2) is 31.6 Å². The van der Waals surface area contributed by atoms with Gasteiger partial charge < -0.3 is 0 Å². The second-order valence-electron chi connectivity index (χ2n) is 5.07. The fraction of sp³-hybridized carbons (Fsp3) is 0.538. The van der Waals surface area contributed by atoms with E-state index in [-0.39, 0.29) is 18.9 Å². The molecule has 0 aromatic carbocycles. The van der Waals surface area contributed by atoms with Crippen molar-refractivity contribution < 1.29 is 17.1 Å². The van der Waals surface area contributed by atoms with Crippen molar-refractivity contribution in [3.63, 3.8) is 0 Å². The number of carbonyl (C=O) groups is 1. The smallest absolute Gasteiger partial charge is 0.296 e. The largest absolute Gasteiger partial charge is 0.302 e. The lowest BCUT2D eigenvalue weighted by molar-refractivity contribution is -0.117. The van der Waals surface area contributed by atoms with Gasteiger partial charge in [0.25, 0.3) is 0 Å². The molecule has 0 aliphatic carbocycles. The van der Waals surface area contributed by atoms with E-state index in [1.165, 1.54) is 4.90 Å². The number of pyridine rings is 1. The van der Waals surface area contributed by atoms with E-state index in [1.807, 2.05) is 26.0 Å². The first-order chi connectivity index (χ1) is 9.30. The first kappa shape index (κ1) is 14.9. The molecule has 0 spiro atoms.